The zero-order chi connectivity index (χ0) is 22.5. The lowest BCUT2D eigenvalue weighted by atomic mass is 9.67. The highest BCUT2D eigenvalue weighted by molar-refractivity contribution is 6.18. The Balaban J connectivity index is 2.03. The molecule has 2 aromatic rings. The van der Waals surface area contributed by atoms with Gasteiger partial charge in [0.1, 0.15) is 28.6 Å². The summed E-state index contributed by atoms with van der Waals surface area (Å²) >= 11 is 0. The van der Waals surface area contributed by atoms with Crippen LogP contribution in [0, 0.1) is 25.2 Å². The second kappa shape index (κ2) is 5.70. The Bertz CT molecular complexity index is 1330. The third kappa shape index (κ3) is 2.08. The van der Waals surface area contributed by atoms with E-state index in [1.165, 1.54) is 12.1 Å². The van der Waals surface area contributed by atoms with Crippen molar-refractivity contribution in [2.24, 2.45) is 5.73 Å². The first-order valence-electron chi connectivity index (χ1n) is 10.2. The van der Waals surface area contributed by atoms with E-state index in [0.717, 1.165) is 33.5 Å². The van der Waals surface area contributed by atoms with Gasteiger partial charge in [-0.25, -0.2) is 0 Å². The Morgan fingerprint density at radius 1 is 1.19 bits per heavy atom. The van der Waals surface area contributed by atoms with Crippen molar-refractivity contribution < 1.29 is 14.6 Å². The number of allylic oxidation sites excluding steroid dienone is 1. The van der Waals surface area contributed by atoms with Crippen LogP contribution in [0.5, 0.6) is 11.5 Å². The lowest BCUT2D eigenvalue weighted by molar-refractivity contribution is -0.121. The molecule has 0 saturated heterocycles. The van der Waals surface area contributed by atoms with Gasteiger partial charge in [-0.15, -0.1) is 0 Å². The molecule has 0 aromatic heterocycles. The number of aromatic hydroxyl groups is 1. The number of nitrogens with zero attached hydrogens (tertiary/aromatic N) is 2. The number of fused-ring (bicyclic) bond motifs is 3. The quantitative estimate of drug-likeness (QED) is 0.682. The molecule has 6 heteroatoms. The summed E-state index contributed by atoms with van der Waals surface area (Å²) in [6.45, 7) is 10.0. The van der Waals surface area contributed by atoms with E-state index in [9.17, 15) is 15.2 Å². The van der Waals surface area contributed by atoms with E-state index in [4.69, 9.17) is 10.5 Å². The maximum absolute atomic E-state index is 14.4. The molecule has 0 bridgehead atoms. The van der Waals surface area contributed by atoms with Crippen molar-refractivity contribution >= 4 is 17.2 Å². The highest BCUT2D eigenvalue weighted by atomic mass is 16.5. The smallest absolute Gasteiger partial charge is 0.248 e. The summed E-state index contributed by atoms with van der Waals surface area (Å²) in [4.78, 5) is 16.2. The number of nitrogens with two attached hydrogens (primary N) is 1. The van der Waals surface area contributed by atoms with Crippen LogP contribution < -0.4 is 15.4 Å². The summed E-state index contributed by atoms with van der Waals surface area (Å²) in [6.07, 6.45) is 2.08. The van der Waals surface area contributed by atoms with Crippen LogP contribution in [0.4, 0.5) is 5.69 Å². The van der Waals surface area contributed by atoms with Gasteiger partial charge in [-0.3, -0.25) is 4.79 Å². The fourth-order valence-corrected chi connectivity index (χ4v) is 5.51. The molecule has 5 rings (SSSR count). The van der Waals surface area contributed by atoms with Crippen LogP contribution in [0.15, 0.2) is 41.8 Å². The van der Waals surface area contributed by atoms with Gasteiger partial charge in [0, 0.05) is 22.8 Å². The molecule has 1 unspecified atom stereocenters. The van der Waals surface area contributed by atoms with Crippen molar-refractivity contribution in [2.75, 3.05) is 4.90 Å². The van der Waals surface area contributed by atoms with Crippen LogP contribution in [0.25, 0.3) is 5.57 Å². The maximum atomic E-state index is 14.4. The molecule has 3 heterocycles. The lowest BCUT2D eigenvalue weighted by Gasteiger charge is -2.40. The first-order valence-corrected chi connectivity index (χ1v) is 10.2. The summed E-state index contributed by atoms with van der Waals surface area (Å²) in [6, 6.07) is 8.90. The number of hydrogen-bond donors (Lipinski definition) is 2. The number of rotatable bonds is 0. The Labute approximate surface area is 180 Å². The minimum absolute atomic E-state index is 0.00607. The number of phenolic OH excluding ortho intramolecular Hbond substituents is 1. The second-order valence-corrected chi connectivity index (χ2v) is 9.09. The molecule has 0 saturated carbocycles. The van der Waals surface area contributed by atoms with E-state index < -0.39 is 11.0 Å². The Morgan fingerprint density at radius 3 is 2.58 bits per heavy atom. The molecule has 1 atom stereocenters. The van der Waals surface area contributed by atoms with Crippen molar-refractivity contribution in [1.82, 2.24) is 0 Å². The monoisotopic (exact) mass is 413 g/mol. The molecular formula is C25H23N3O3. The molecule has 1 spiro atoms. The largest absolute Gasteiger partial charge is 0.508 e. The first-order chi connectivity index (χ1) is 14.6. The standard InChI is InChI=1S/C25H23N3O3/c1-12-8-16-13(2)10-24(4,5)28-21(16)20(14(12)3)25(23(28)30)17-7-6-15(29)9-19(17)31-22(27)18(25)11-26/h6-10,29H,27H2,1-5H3. The van der Waals surface area contributed by atoms with Crippen LogP contribution in [-0.4, -0.2) is 16.6 Å². The van der Waals surface area contributed by atoms with Gasteiger partial charge in [-0.1, -0.05) is 6.08 Å². The topological polar surface area (TPSA) is 99.6 Å². The molecule has 6 nitrogen and oxygen atoms in total. The number of carbonyl (C=O) groups is 1. The normalized spacial score (nSPS) is 22.6. The van der Waals surface area contributed by atoms with Gasteiger partial charge in [0.15, 0.2) is 0 Å². The van der Waals surface area contributed by atoms with Crippen LogP contribution in [0.2, 0.25) is 0 Å². The van der Waals surface area contributed by atoms with Crippen molar-refractivity contribution in [3.05, 3.63) is 69.6 Å². The van der Waals surface area contributed by atoms with Gasteiger partial charge in [0.25, 0.3) is 0 Å². The van der Waals surface area contributed by atoms with E-state index >= 15 is 0 Å². The highest BCUT2D eigenvalue weighted by Crippen LogP contribution is 2.61. The summed E-state index contributed by atoms with van der Waals surface area (Å²) in [7, 11) is 0. The number of amides is 1. The van der Waals surface area contributed by atoms with Gasteiger partial charge in [0.2, 0.25) is 11.8 Å². The molecule has 3 N–H and O–H groups in total. The van der Waals surface area contributed by atoms with Crippen LogP contribution in [0.3, 0.4) is 0 Å². The fourth-order valence-electron chi connectivity index (χ4n) is 5.51. The molecule has 0 aliphatic carbocycles. The van der Waals surface area contributed by atoms with Gasteiger partial charge in [-0.05, 0) is 69.5 Å². The molecule has 31 heavy (non-hydrogen) atoms. The molecule has 156 valence electrons. The Morgan fingerprint density at radius 2 is 1.90 bits per heavy atom. The molecular weight excluding hydrogens is 390 g/mol. The molecule has 0 fully saturated rings. The van der Waals surface area contributed by atoms with Gasteiger partial charge in [0.05, 0.1) is 11.2 Å². The SMILES string of the molecule is CC1=CC(C)(C)N2C(=O)C3(C(C#N)=C(N)Oc4cc(O)ccc43)c3c(C)c(C)cc1c32. The highest BCUT2D eigenvalue weighted by Gasteiger charge is 2.63. The number of anilines is 1. The molecule has 1 amide bonds. The van der Waals surface area contributed by atoms with Crippen molar-refractivity contribution in [3.63, 3.8) is 0 Å². The van der Waals surface area contributed by atoms with Crippen LogP contribution in [0.1, 0.15) is 48.6 Å². The third-order valence-corrected chi connectivity index (χ3v) is 6.83. The zero-order valence-corrected chi connectivity index (χ0v) is 18.1. The molecule has 0 radical (unpaired) electrons. The van der Waals surface area contributed by atoms with E-state index in [1.807, 2.05) is 34.6 Å². The molecule has 3 aliphatic rings. The summed E-state index contributed by atoms with van der Waals surface area (Å²) < 4.78 is 5.72. The Kier molecular flexibility index (Phi) is 3.54. The number of nitriles is 1. The van der Waals surface area contributed by atoms with E-state index in [1.54, 1.807) is 11.0 Å². The maximum Gasteiger partial charge on any atom is 0.248 e. The number of hydrogen-bond acceptors (Lipinski definition) is 5. The third-order valence-electron chi connectivity index (χ3n) is 6.83. The van der Waals surface area contributed by atoms with Crippen LogP contribution >= 0.6 is 0 Å². The number of ether oxygens (including phenoxy) is 1. The summed E-state index contributed by atoms with van der Waals surface area (Å²) in [5, 5.41) is 20.2. The number of aryl methyl sites for hydroxylation is 1. The van der Waals surface area contributed by atoms with Crippen molar-refractivity contribution in [1.29, 1.82) is 5.26 Å². The minimum Gasteiger partial charge on any atom is -0.508 e. The second-order valence-electron chi connectivity index (χ2n) is 9.09. The molecule has 2 aromatic carbocycles. The van der Waals surface area contributed by atoms with E-state index in [2.05, 4.69) is 18.2 Å². The lowest BCUT2D eigenvalue weighted by Crippen LogP contribution is -2.53. The van der Waals surface area contributed by atoms with Crippen LogP contribution in [-0.2, 0) is 10.2 Å². The van der Waals surface area contributed by atoms with E-state index in [0.29, 0.717) is 5.56 Å². The number of benzene rings is 2. The Hall–Kier alpha value is -3.72. The molecule has 3 aliphatic heterocycles. The predicted molar refractivity (Wildman–Crippen MR) is 117 cm³/mol. The minimum atomic E-state index is -1.43. The summed E-state index contributed by atoms with van der Waals surface area (Å²) in [5.74, 6) is -0.0813. The average Bonchev–Trinajstić information content (AvgIpc) is 2.94. The predicted octanol–water partition coefficient (Wildman–Crippen LogP) is 3.92. The van der Waals surface area contributed by atoms with Gasteiger partial charge < -0.3 is 20.5 Å². The number of carbonyl (C=O) groups excluding carboxylic acids is 1. The van der Waals surface area contributed by atoms with E-state index in [-0.39, 0.29) is 28.9 Å². The number of phenols is 1. The zero-order valence-electron chi connectivity index (χ0n) is 18.1. The first kappa shape index (κ1) is 19.3. The summed E-state index contributed by atoms with van der Waals surface area (Å²) in [5.41, 5.74) is 10.4. The van der Waals surface area contributed by atoms with Gasteiger partial charge >= 0.3 is 0 Å². The fraction of sp³-hybridized carbons (Fsp3) is 0.280. The van der Waals surface area contributed by atoms with Gasteiger partial charge in [-0.2, -0.15) is 5.26 Å². The average molecular weight is 413 g/mol. The van der Waals surface area contributed by atoms with Crippen molar-refractivity contribution in [2.45, 2.75) is 45.6 Å². The van der Waals surface area contributed by atoms with Crippen molar-refractivity contribution in [3.8, 4) is 17.6 Å².